The molecule has 1 saturated heterocycles. The van der Waals surface area contributed by atoms with E-state index in [-0.39, 0.29) is 13.2 Å². The van der Waals surface area contributed by atoms with Crippen LogP contribution in [0.15, 0.2) is 47.8 Å². The summed E-state index contributed by atoms with van der Waals surface area (Å²) < 4.78 is 10.7. The van der Waals surface area contributed by atoms with Crippen molar-refractivity contribution in [2.75, 3.05) is 24.7 Å². The molecule has 1 aliphatic heterocycles. The van der Waals surface area contributed by atoms with Gasteiger partial charge in [-0.1, -0.05) is 24.3 Å². The van der Waals surface area contributed by atoms with Crippen LogP contribution in [0, 0.1) is 5.41 Å². The number of benzene rings is 1. The molecule has 0 saturated carbocycles. The van der Waals surface area contributed by atoms with E-state index in [4.69, 9.17) is 9.47 Å². The van der Waals surface area contributed by atoms with Gasteiger partial charge in [0.15, 0.2) is 5.41 Å². The first kappa shape index (κ1) is 18.5. The maximum atomic E-state index is 13.0. The zero-order valence-electron chi connectivity index (χ0n) is 15.0. The van der Waals surface area contributed by atoms with Crippen molar-refractivity contribution < 1.29 is 19.1 Å². The Kier molecular flexibility index (Phi) is 5.61. The van der Waals surface area contributed by atoms with Crippen molar-refractivity contribution in [2.24, 2.45) is 5.41 Å². The molecule has 0 aliphatic carbocycles. The maximum absolute atomic E-state index is 13.0. The quantitative estimate of drug-likeness (QED) is 0.569. The van der Waals surface area contributed by atoms with Gasteiger partial charge in [0.2, 0.25) is 0 Å². The lowest BCUT2D eigenvalue weighted by atomic mass is 9.79. The van der Waals surface area contributed by atoms with Crippen molar-refractivity contribution in [3.05, 3.63) is 52.7 Å². The van der Waals surface area contributed by atoms with Gasteiger partial charge in [-0.05, 0) is 43.8 Å². The van der Waals surface area contributed by atoms with E-state index < -0.39 is 23.4 Å². The molecule has 5 nitrogen and oxygen atoms in total. The SMILES string of the molecule is CCOC(=O)C1(C(=O)OCC)CCN(c2ccccc2)C1c1cccs1. The van der Waals surface area contributed by atoms with Crippen molar-refractivity contribution in [1.82, 2.24) is 0 Å². The van der Waals surface area contributed by atoms with Crippen molar-refractivity contribution in [2.45, 2.75) is 26.3 Å². The van der Waals surface area contributed by atoms with Crippen LogP contribution in [0.25, 0.3) is 0 Å². The van der Waals surface area contributed by atoms with Gasteiger partial charge in [0, 0.05) is 17.1 Å². The van der Waals surface area contributed by atoms with Crippen LogP contribution in [0.5, 0.6) is 0 Å². The first-order chi connectivity index (χ1) is 12.6. The minimum atomic E-state index is -1.35. The van der Waals surface area contributed by atoms with Crippen LogP contribution in [0.3, 0.4) is 0 Å². The average Bonchev–Trinajstić information content (AvgIpc) is 3.30. The van der Waals surface area contributed by atoms with Gasteiger partial charge < -0.3 is 14.4 Å². The van der Waals surface area contributed by atoms with Gasteiger partial charge in [0.25, 0.3) is 0 Å². The van der Waals surface area contributed by atoms with E-state index in [1.807, 2.05) is 47.8 Å². The molecule has 2 heterocycles. The molecule has 0 radical (unpaired) electrons. The van der Waals surface area contributed by atoms with Gasteiger partial charge >= 0.3 is 11.9 Å². The van der Waals surface area contributed by atoms with Crippen LogP contribution in [0.2, 0.25) is 0 Å². The highest BCUT2D eigenvalue weighted by Crippen LogP contribution is 2.51. The third-order valence-corrected chi connectivity index (χ3v) is 5.63. The third-order valence-electron chi connectivity index (χ3n) is 4.71. The number of carbonyl (C=O) groups excluding carboxylic acids is 2. The topological polar surface area (TPSA) is 55.8 Å². The van der Waals surface area contributed by atoms with Crippen LogP contribution in [0.4, 0.5) is 5.69 Å². The lowest BCUT2D eigenvalue weighted by Crippen LogP contribution is -2.46. The smallest absolute Gasteiger partial charge is 0.326 e. The largest absolute Gasteiger partial charge is 0.465 e. The fourth-order valence-electron chi connectivity index (χ4n) is 3.60. The van der Waals surface area contributed by atoms with E-state index in [0.717, 1.165) is 10.6 Å². The Morgan fingerprint density at radius 1 is 1.08 bits per heavy atom. The number of nitrogens with zero attached hydrogens (tertiary/aromatic N) is 1. The molecule has 0 amide bonds. The van der Waals surface area contributed by atoms with Crippen LogP contribution in [-0.4, -0.2) is 31.7 Å². The van der Waals surface area contributed by atoms with Gasteiger partial charge in [-0.15, -0.1) is 11.3 Å². The monoisotopic (exact) mass is 373 g/mol. The van der Waals surface area contributed by atoms with Crippen molar-refractivity contribution in [3.8, 4) is 0 Å². The number of rotatable bonds is 6. The predicted octanol–water partition coefficient (Wildman–Crippen LogP) is 3.81. The number of esters is 2. The highest BCUT2D eigenvalue weighted by Gasteiger charge is 2.61. The fraction of sp³-hybridized carbons (Fsp3) is 0.400. The molecule has 1 fully saturated rings. The van der Waals surface area contributed by atoms with Crippen LogP contribution in [-0.2, 0) is 19.1 Å². The summed E-state index contributed by atoms with van der Waals surface area (Å²) in [6.07, 6.45) is 0.363. The lowest BCUT2D eigenvalue weighted by molar-refractivity contribution is -0.172. The summed E-state index contributed by atoms with van der Waals surface area (Å²) in [7, 11) is 0. The second kappa shape index (κ2) is 7.91. The Balaban J connectivity index is 2.12. The number of ether oxygens (including phenoxy) is 2. The zero-order valence-corrected chi connectivity index (χ0v) is 15.8. The van der Waals surface area contributed by atoms with Crippen LogP contribution >= 0.6 is 11.3 Å². The number of anilines is 1. The van der Waals surface area contributed by atoms with E-state index in [2.05, 4.69) is 4.90 Å². The molecule has 138 valence electrons. The van der Waals surface area contributed by atoms with E-state index in [1.165, 1.54) is 11.3 Å². The number of carbonyl (C=O) groups is 2. The van der Waals surface area contributed by atoms with E-state index >= 15 is 0 Å². The molecular formula is C20H23NO4S. The number of thiophene rings is 1. The van der Waals surface area contributed by atoms with Crippen LogP contribution < -0.4 is 4.90 Å². The van der Waals surface area contributed by atoms with Crippen molar-refractivity contribution in [1.29, 1.82) is 0 Å². The minimum absolute atomic E-state index is 0.225. The summed E-state index contributed by atoms with van der Waals surface area (Å²) >= 11 is 1.53. The van der Waals surface area contributed by atoms with E-state index in [0.29, 0.717) is 13.0 Å². The van der Waals surface area contributed by atoms with Crippen molar-refractivity contribution >= 4 is 29.0 Å². The standard InChI is InChI=1S/C20H23NO4S/c1-3-24-18(22)20(19(23)25-4-2)12-13-21(15-9-6-5-7-10-15)17(20)16-11-8-14-26-16/h5-11,14,17H,3-4,12-13H2,1-2H3. The molecule has 1 unspecified atom stereocenters. The summed E-state index contributed by atoms with van der Waals surface area (Å²) in [5.74, 6) is -1.01. The normalized spacial score (nSPS) is 18.5. The van der Waals surface area contributed by atoms with Crippen LogP contribution in [0.1, 0.15) is 31.2 Å². The number of hydrogen-bond donors (Lipinski definition) is 0. The Morgan fingerprint density at radius 2 is 1.73 bits per heavy atom. The molecule has 1 atom stereocenters. The molecule has 0 N–H and O–H groups in total. The van der Waals surface area contributed by atoms with Gasteiger partial charge in [-0.2, -0.15) is 0 Å². The summed E-state index contributed by atoms with van der Waals surface area (Å²) in [6.45, 7) is 4.52. The predicted molar refractivity (Wildman–Crippen MR) is 101 cm³/mol. The summed E-state index contributed by atoms with van der Waals surface area (Å²) in [5.41, 5.74) is -0.381. The molecule has 26 heavy (non-hydrogen) atoms. The van der Waals surface area contributed by atoms with Gasteiger partial charge in [-0.3, -0.25) is 9.59 Å². The Morgan fingerprint density at radius 3 is 2.27 bits per heavy atom. The molecule has 1 aromatic carbocycles. The number of hydrogen-bond acceptors (Lipinski definition) is 6. The summed E-state index contributed by atoms with van der Waals surface area (Å²) in [4.78, 5) is 29.1. The Hall–Kier alpha value is -2.34. The summed E-state index contributed by atoms with van der Waals surface area (Å²) in [5, 5.41) is 1.96. The van der Waals surface area contributed by atoms with Gasteiger partial charge in [0.05, 0.1) is 19.3 Å². The molecule has 1 aliphatic rings. The molecule has 3 rings (SSSR count). The highest BCUT2D eigenvalue weighted by molar-refractivity contribution is 7.10. The third kappa shape index (κ3) is 3.09. The second-order valence-corrected chi connectivity index (χ2v) is 7.09. The Bertz CT molecular complexity index is 726. The highest BCUT2D eigenvalue weighted by atomic mass is 32.1. The lowest BCUT2D eigenvalue weighted by Gasteiger charge is -2.34. The molecule has 6 heteroatoms. The number of para-hydroxylation sites is 1. The Labute approximate surface area is 157 Å². The molecular weight excluding hydrogens is 350 g/mol. The molecule has 0 spiro atoms. The maximum Gasteiger partial charge on any atom is 0.326 e. The fourth-order valence-corrected chi connectivity index (χ4v) is 4.53. The average molecular weight is 373 g/mol. The van der Waals surface area contributed by atoms with E-state index in [1.54, 1.807) is 13.8 Å². The molecule has 0 bridgehead atoms. The zero-order chi connectivity index (χ0) is 18.6. The molecule has 2 aromatic rings. The first-order valence-corrected chi connectivity index (χ1v) is 9.72. The minimum Gasteiger partial charge on any atom is -0.465 e. The van der Waals surface area contributed by atoms with Gasteiger partial charge in [-0.25, -0.2) is 0 Å². The second-order valence-electron chi connectivity index (χ2n) is 6.11. The van der Waals surface area contributed by atoms with E-state index in [9.17, 15) is 9.59 Å². The first-order valence-electron chi connectivity index (χ1n) is 8.84. The van der Waals surface area contributed by atoms with Crippen molar-refractivity contribution in [3.63, 3.8) is 0 Å². The summed E-state index contributed by atoms with van der Waals surface area (Å²) in [6, 6.07) is 13.3. The van der Waals surface area contributed by atoms with Gasteiger partial charge in [0.1, 0.15) is 0 Å². The molecule has 1 aromatic heterocycles.